The lowest BCUT2D eigenvalue weighted by atomic mass is 10.1. The number of aryl methyl sites for hydroxylation is 1. The number of aromatic amines is 1. The molecule has 0 aliphatic carbocycles. The molecule has 0 saturated carbocycles. The predicted molar refractivity (Wildman–Crippen MR) is 125 cm³/mol. The number of benzene rings is 2. The van der Waals surface area contributed by atoms with Gasteiger partial charge in [-0.05, 0) is 49.6 Å². The van der Waals surface area contributed by atoms with E-state index in [0.29, 0.717) is 19.0 Å². The molecule has 0 bridgehead atoms. The van der Waals surface area contributed by atoms with Gasteiger partial charge in [0.2, 0.25) is 0 Å². The van der Waals surface area contributed by atoms with Crippen molar-refractivity contribution >= 4 is 16.9 Å². The Balaban J connectivity index is 1.46. The van der Waals surface area contributed by atoms with E-state index < -0.39 is 0 Å². The van der Waals surface area contributed by atoms with Crippen LogP contribution >= 0.6 is 0 Å². The summed E-state index contributed by atoms with van der Waals surface area (Å²) in [6.07, 6.45) is 2.71. The molecular weight excluding hydrogens is 405 g/mol. The number of nitrogens with zero attached hydrogens (tertiary/aromatic N) is 4. The fourth-order valence-corrected chi connectivity index (χ4v) is 3.60. The maximum absolute atomic E-state index is 13.5. The van der Waals surface area contributed by atoms with E-state index >= 15 is 0 Å². The van der Waals surface area contributed by atoms with E-state index in [1.807, 2.05) is 49.0 Å². The van der Waals surface area contributed by atoms with Crippen molar-refractivity contribution in [3.05, 3.63) is 83.3 Å². The number of aromatic nitrogens is 4. The average Bonchev–Trinajstić information content (AvgIpc) is 3.35. The molecule has 1 atom stereocenters. The van der Waals surface area contributed by atoms with Crippen LogP contribution in [0.1, 0.15) is 35.7 Å². The normalized spacial score (nSPS) is 12.8. The third kappa shape index (κ3) is 4.96. The summed E-state index contributed by atoms with van der Waals surface area (Å²) >= 11 is 0. The monoisotopic (exact) mass is 433 g/mol. The third-order valence-electron chi connectivity index (χ3n) is 5.63. The van der Waals surface area contributed by atoms with E-state index in [1.165, 1.54) is 17.7 Å². The van der Waals surface area contributed by atoms with Crippen molar-refractivity contribution < 1.29 is 4.39 Å². The number of guanidine groups is 1. The Kier molecular flexibility index (Phi) is 6.49. The molecule has 0 aliphatic heterocycles. The Morgan fingerprint density at radius 2 is 2.00 bits per heavy atom. The zero-order valence-corrected chi connectivity index (χ0v) is 18.6. The largest absolute Gasteiger partial charge is 0.361 e. The summed E-state index contributed by atoms with van der Waals surface area (Å²) < 4.78 is 15.4. The SMILES string of the molecule is Cc1nnc(CN=C(NCCc2c[nH]c3cc(F)ccc23)NC(C)c2ccccc2)n1C. The summed E-state index contributed by atoms with van der Waals surface area (Å²) in [5.41, 5.74) is 3.12. The number of H-pyrrole nitrogens is 1. The van der Waals surface area contributed by atoms with Gasteiger partial charge in [0, 0.05) is 30.7 Å². The summed E-state index contributed by atoms with van der Waals surface area (Å²) in [6.45, 7) is 5.12. The standard InChI is InChI=1S/C24H28FN7/c1-16(18-7-5-4-6-8-18)29-24(28-15-23-31-30-17(2)32(23)3)26-12-11-19-14-27-22-13-20(25)9-10-21(19)22/h4-10,13-14,16,27H,11-12,15H2,1-3H3,(H2,26,28,29). The summed E-state index contributed by atoms with van der Waals surface area (Å²) in [5.74, 6) is 2.12. The second-order valence-corrected chi connectivity index (χ2v) is 7.84. The van der Waals surface area contributed by atoms with Crippen molar-refractivity contribution in [1.29, 1.82) is 0 Å². The Hall–Kier alpha value is -3.68. The van der Waals surface area contributed by atoms with Crippen LogP contribution in [0.5, 0.6) is 0 Å². The third-order valence-corrected chi connectivity index (χ3v) is 5.63. The molecular formula is C24H28FN7. The van der Waals surface area contributed by atoms with Gasteiger partial charge in [-0.15, -0.1) is 10.2 Å². The summed E-state index contributed by atoms with van der Waals surface area (Å²) in [5, 5.41) is 16.2. The first-order chi connectivity index (χ1) is 15.5. The Morgan fingerprint density at radius 3 is 2.75 bits per heavy atom. The molecule has 4 rings (SSSR count). The minimum atomic E-state index is -0.239. The van der Waals surface area contributed by atoms with E-state index in [9.17, 15) is 4.39 Å². The second kappa shape index (κ2) is 9.64. The van der Waals surface area contributed by atoms with E-state index in [2.05, 4.69) is 44.9 Å². The van der Waals surface area contributed by atoms with E-state index in [4.69, 9.17) is 4.99 Å². The van der Waals surface area contributed by atoms with Crippen molar-refractivity contribution in [2.75, 3.05) is 6.54 Å². The highest BCUT2D eigenvalue weighted by molar-refractivity contribution is 5.83. The van der Waals surface area contributed by atoms with Gasteiger partial charge in [0.05, 0.1) is 6.04 Å². The average molecular weight is 434 g/mol. The minimum absolute atomic E-state index is 0.0831. The topological polar surface area (TPSA) is 82.9 Å². The number of fused-ring (bicyclic) bond motifs is 1. The molecule has 0 aliphatic rings. The maximum atomic E-state index is 13.5. The molecule has 8 heteroatoms. The smallest absolute Gasteiger partial charge is 0.192 e. The second-order valence-electron chi connectivity index (χ2n) is 7.84. The van der Waals surface area contributed by atoms with Crippen molar-refractivity contribution in [3.63, 3.8) is 0 Å². The molecule has 1 unspecified atom stereocenters. The Morgan fingerprint density at radius 1 is 1.19 bits per heavy atom. The lowest BCUT2D eigenvalue weighted by Crippen LogP contribution is -2.39. The summed E-state index contributed by atoms with van der Waals surface area (Å²) in [7, 11) is 1.94. The van der Waals surface area contributed by atoms with Crippen LogP contribution in [0.2, 0.25) is 0 Å². The molecule has 166 valence electrons. The van der Waals surface area contributed by atoms with Gasteiger partial charge >= 0.3 is 0 Å². The summed E-state index contributed by atoms with van der Waals surface area (Å²) in [4.78, 5) is 7.88. The first kappa shape index (κ1) is 21.5. The van der Waals surface area contributed by atoms with Crippen molar-refractivity contribution in [2.24, 2.45) is 12.0 Å². The number of nitrogens with one attached hydrogen (secondary N) is 3. The molecule has 0 radical (unpaired) electrons. The summed E-state index contributed by atoms with van der Waals surface area (Å²) in [6, 6.07) is 15.2. The first-order valence-electron chi connectivity index (χ1n) is 10.7. The molecule has 2 aromatic carbocycles. The number of aliphatic imine (C=N–C) groups is 1. The van der Waals surface area contributed by atoms with Gasteiger partial charge < -0.3 is 20.2 Å². The predicted octanol–water partition coefficient (Wildman–Crippen LogP) is 3.78. The van der Waals surface area contributed by atoms with Gasteiger partial charge in [-0.2, -0.15) is 0 Å². The number of halogens is 1. The molecule has 2 aromatic heterocycles. The van der Waals surface area contributed by atoms with Gasteiger partial charge in [-0.3, -0.25) is 0 Å². The molecule has 0 fully saturated rings. The van der Waals surface area contributed by atoms with Gasteiger partial charge in [0.1, 0.15) is 18.2 Å². The van der Waals surface area contributed by atoms with Crippen molar-refractivity contribution in [3.8, 4) is 0 Å². The van der Waals surface area contributed by atoms with Crippen molar-refractivity contribution in [2.45, 2.75) is 32.9 Å². The first-order valence-corrected chi connectivity index (χ1v) is 10.7. The van der Waals surface area contributed by atoms with Crippen LogP contribution in [0.25, 0.3) is 10.9 Å². The molecule has 0 amide bonds. The van der Waals surface area contributed by atoms with Gasteiger partial charge in [0.15, 0.2) is 11.8 Å². The molecule has 4 aromatic rings. The lowest BCUT2D eigenvalue weighted by molar-refractivity contribution is 0.629. The van der Waals surface area contributed by atoms with Crippen molar-refractivity contribution in [1.82, 2.24) is 30.4 Å². The molecule has 2 heterocycles. The number of rotatable bonds is 7. The highest BCUT2D eigenvalue weighted by atomic mass is 19.1. The molecule has 0 spiro atoms. The molecule has 3 N–H and O–H groups in total. The van der Waals surface area contributed by atoms with Crippen LogP contribution in [0.4, 0.5) is 4.39 Å². The lowest BCUT2D eigenvalue weighted by Gasteiger charge is -2.19. The Labute approximate surface area is 186 Å². The molecule has 7 nitrogen and oxygen atoms in total. The van der Waals surface area contributed by atoms with Crippen LogP contribution in [0.15, 0.2) is 59.7 Å². The van der Waals surface area contributed by atoms with E-state index in [0.717, 1.165) is 34.5 Å². The van der Waals surface area contributed by atoms with Crippen LogP contribution in [0.3, 0.4) is 0 Å². The Bertz CT molecular complexity index is 1210. The zero-order valence-electron chi connectivity index (χ0n) is 18.6. The van der Waals surface area contributed by atoms with Gasteiger partial charge in [0.25, 0.3) is 0 Å². The van der Waals surface area contributed by atoms with Crippen LogP contribution in [-0.4, -0.2) is 32.3 Å². The van der Waals surface area contributed by atoms with E-state index in [1.54, 1.807) is 0 Å². The van der Waals surface area contributed by atoms with E-state index in [-0.39, 0.29) is 11.9 Å². The fraction of sp³-hybridized carbons (Fsp3) is 0.292. The highest BCUT2D eigenvalue weighted by Gasteiger charge is 2.10. The number of hydrogen-bond donors (Lipinski definition) is 3. The molecule has 32 heavy (non-hydrogen) atoms. The molecule has 0 saturated heterocycles. The van der Waals surface area contributed by atoms with Gasteiger partial charge in [-0.1, -0.05) is 30.3 Å². The van der Waals surface area contributed by atoms with Crippen LogP contribution in [0, 0.1) is 12.7 Å². The fourth-order valence-electron chi connectivity index (χ4n) is 3.60. The minimum Gasteiger partial charge on any atom is -0.361 e. The maximum Gasteiger partial charge on any atom is 0.192 e. The highest BCUT2D eigenvalue weighted by Crippen LogP contribution is 2.19. The zero-order chi connectivity index (χ0) is 22.5. The van der Waals surface area contributed by atoms with Gasteiger partial charge in [-0.25, -0.2) is 9.38 Å². The van der Waals surface area contributed by atoms with Crippen LogP contribution < -0.4 is 10.6 Å². The quantitative estimate of drug-likeness (QED) is 0.306. The van der Waals surface area contributed by atoms with Crippen LogP contribution in [-0.2, 0) is 20.0 Å². The number of hydrogen-bond acceptors (Lipinski definition) is 3.